The number of rotatable bonds is 7. The third-order valence-corrected chi connectivity index (χ3v) is 6.90. The molecule has 8 heteroatoms. The summed E-state index contributed by atoms with van der Waals surface area (Å²) in [6.07, 6.45) is 3.06. The topological polar surface area (TPSA) is 90.9 Å². The number of carbonyl (C=O) groups is 3. The number of hydrogen-bond donors (Lipinski definition) is 2. The highest BCUT2D eigenvalue weighted by atomic mass is 32.2. The van der Waals surface area contributed by atoms with E-state index in [1.165, 1.54) is 22.9 Å². The lowest BCUT2D eigenvalue weighted by Gasteiger charge is -2.16. The molecular formula is C25H28N4O3S. The van der Waals surface area contributed by atoms with Crippen LogP contribution in [0, 0.1) is 6.92 Å². The SMILES string of the molecule is Cc1cccc(CCNC(=O)c2ccc(NC(=O)CC3SC(N4CCCC4)=NC3=O)cc2)c1. The van der Waals surface area contributed by atoms with E-state index in [2.05, 4.69) is 26.6 Å². The number of likely N-dealkylation sites (tertiary alicyclic amines) is 1. The summed E-state index contributed by atoms with van der Waals surface area (Å²) in [6, 6.07) is 15.0. The van der Waals surface area contributed by atoms with Crippen LogP contribution in [0.5, 0.6) is 0 Å². The van der Waals surface area contributed by atoms with Gasteiger partial charge >= 0.3 is 0 Å². The molecule has 0 bridgehead atoms. The second kappa shape index (κ2) is 10.7. The molecule has 1 atom stereocenters. The summed E-state index contributed by atoms with van der Waals surface area (Å²) >= 11 is 1.38. The van der Waals surface area contributed by atoms with Crippen LogP contribution in [0.2, 0.25) is 0 Å². The van der Waals surface area contributed by atoms with Crippen molar-refractivity contribution in [3.63, 3.8) is 0 Å². The van der Waals surface area contributed by atoms with E-state index in [1.807, 2.05) is 25.1 Å². The van der Waals surface area contributed by atoms with Crippen molar-refractivity contribution in [2.45, 2.75) is 37.9 Å². The molecule has 4 rings (SSSR count). The normalized spacial score (nSPS) is 17.7. The molecule has 33 heavy (non-hydrogen) atoms. The minimum absolute atomic E-state index is 0.0749. The Labute approximate surface area is 198 Å². The molecule has 1 unspecified atom stereocenters. The summed E-state index contributed by atoms with van der Waals surface area (Å²) in [5.74, 6) is -0.635. The van der Waals surface area contributed by atoms with Crippen LogP contribution in [0.15, 0.2) is 53.5 Å². The smallest absolute Gasteiger partial charge is 0.262 e. The fourth-order valence-electron chi connectivity index (χ4n) is 3.93. The van der Waals surface area contributed by atoms with Crippen LogP contribution in [0.4, 0.5) is 5.69 Å². The molecule has 2 N–H and O–H groups in total. The van der Waals surface area contributed by atoms with Gasteiger partial charge in [-0.1, -0.05) is 41.6 Å². The van der Waals surface area contributed by atoms with Gasteiger partial charge in [0.05, 0.1) is 0 Å². The van der Waals surface area contributed by atoms with Gasteiger partial charge in [-0.25, -0.2) is 0 Å². The van der Waals surface area contributed by atoms with Crippen LogP contribution < -0.4 is 10.6 Å². The first-order chi connectivity index (χ1) is 16.0. The van der Waals surface area contributed by atoms with E-state index < -0.39 is 5.25 Å². The first kappa shape index (κ1) is 23.0. The van der Waals surface area contributed by atoms with Crippen molar-refractivity contribution in [3.8, 4) is 0 Å². The lowest BCUT2D eigenvalue weighted by atomic mass is 10.1. The van der Waals surface area contributed by atoms with Crippen molar-refractivity contribution >= 4 is 40.3 Å². The van der Waals surface area contributed by atoms with Gasteiger partial charge in [-0.05, 0) is 56.0 Å². The predicted molar refractivity (Wildman–Crippen MR) is 132 cm³/mol. The molecule has 2 aromatic carbocycles. The van der Waals surface area contributed by atoms with Crippen molar-refractivity contribution in [2.75, 3.05) is 25.0 Å². The van der Waals surface area contributed by atoms with Crippen molar-refractivity contribution in [1.29, 1.82) is 0 Å². The average Bonchev–Trinajstić information content (AvgIpc) is 3.45. The Morgan fingerprint density at radius 2 is 1.88 bits per heavy atom. The Kier molecular flexibility index (Phi) is 7.44. The second-order valence-corrected chi connectivity index (χ2v) is 9.53. The zero-order valence-corrected chi connectivity index (χ0v) is 19.5. The van der Waals surface area contributed by atoms with Crippen LogP contribution >= 0.6 is 11.8 Å². The van der Waals surface area contributed by atoms with Gasteiger partial charge in [0.2, 0.25) is 5.91 Å². The first-order valence-electron chi connectivity index (χ1n) is 11.3. The Hall–Kier alpha value is -3.13. The van der Waals surface area contributed by atoms with E-state index >= 15 is 0 Å². The first-order valence-corrected chi connectivity index (χ1v) is 12.1. The van der Waals surface area contributed by atoms with Crippen LogP contribution in [0.3, 0.4) is 0 Å². The third kappa shape index (κ3) is 6.22. The zero-order chi connectivity index (χ0) is 23.2. The van der Waals surface area contributed by atoms with Gasteiger partial charge in [0.1, 0.15) is 5.25 Å². The number of nitrogens with zero attached hydrogens (tertiary/aromatic N) is 2. The maximum atomic E-state index is 12.4. The lowest BCUT2D eigenvalue weighted by molar-refractivity contribution is -0.121. The molecule has 3 amide bonds. The van der Waals surface area contributed by atoms with Crippen LogP contribution in [-0.4, -0.2) is 52.7 Å². The molecule has 1 fully saturated rings. The number of amides is 3. The number of amidine groups is 1. The summed E-state index contributed by atoms with van der Waals surface area (Å²) in [4.78, 5) is 43.3. The Morgan fingerprint density at radius 1 is 1.12 bits per heavy atom. The number of aryl methyl sites for hydroxylation is 1. The van der Waals surface area contributed by atoms with E-state index in [0.717, 1.165) is 37.5 Å². The Balaban J connectivity index is 1.22. The largest absolute Gasteiger partial charge is 0.352 e. The van der Waals surface area contributed by atoms with Gasteiger partial charge in [-0.15, -0.1) is 0 Å². The molecule has 0 saturated carbocycles. The van der Waals surface area contributed by atoms with Crippen molar-refractivity contribution in [3.05, 3.63) is 65.2 Å². The summed E-state index contributed by atoms with van der Waals surface area (Å²) in [5, 5.41) is 6.00. The van der Waals surface area contributed by atoms with E-state index in [4.69, 9.17) is 0 Å². The van der Waals surface area contributed by atoms with Gasteiger partial charge < -0.3 is 15.5 Å². The molecule has 0 aliphatic carbocycles. The molecule has 2 aliphatic heterocycles. The lowest BCUT2D eigenvalue weighted by Crippen LogP contribution is -2.26. The standard InChI is InChI=1S/C25H28N4O3S/c1-17-5-4-6-18(15-17)11-12-26-23(31)19-7-9-20(10-8-19)27-22(30)16-21-24(32)28-25(33-21)29-13-2-3-14-29/h4-10,15,21H,2-3,11-14,16H2,1H3,(H,26,31)(H,27,30). The number of hydrogen-bond acceptors (Lipinski definition) is 5. The Bertz CT molecular complexity index is 1060. The van der Waals surface area contributed by atoms with Crippen LogP contribution in [-0.2, 0) is 16.0 Å². The molecular weight excluding hydrogens is 436 g/mol. The fourth-order valence-corrected chi connectivity index (χ4v) is 5.05. The molecule has 2 aromatic rings. The van der Waals surface area contributed by atoms with E-state index in [-0.39, 0.29) is 24.1 Å². The van der Waals surface area contributed by atoms with Crippen LogP contribution in [0.25, 0.3) is 0 Å². The fraction of sp³-hybridized carbons (Fsp3) is 0.360. The number of anilines is 1. The highest BCUT2D eigenvalue weighted by Crippen LogP contribution is 2.29. The van der Waals surface area contributed by atoms with Gasteiger partial charge in [0.15, 0.2) is 5.17 Å². The number of thioether (sulfide) groups is 1. The molecule has 1 saturated heterocycles. The van der Waals surface area contributed by atoms with E-state index in [9.17, 15) is 14.4 Å². The maximum absolute atomic E-state index is 12.4. The molecule has 2 aliphatic rings. The minimum Gasteiger partial charge on any atom is -0.352 e. The zero-order valence-electron chi connectivity index (χ0n) is 18.7. The van der Waals surface area contributed by atoms with Gasteiger partial charge in [-0.3, -0.25) is 14.4 Å². The Morgan fingerprint density at radius 3 is 2.61 bits per heavy atom. The number of carbonyl (C=O) groups excluding carboxylic acids is 3. The summed E-state index contributed by atoms with van der Waals surface area (Å²) in [6.45, 7) is 4.44. The number of aliphatic imine (C=N–C) groups is 1. The average molecular weight is 465 g/mol. The van der Waals surface area contributed by atoms with Gasteiger partial charge in [0, 0.05) is 37.3 Å². The third-order valence-electron chi connectivity index (χ3n) is 5.69. The van der Waals surface area contributed by atoms with Gasteiger partial charge in [-0.2, -0.15) is 4.99 Å². The number of nitrogens with one attached hydrogen (secondary N) is 2. The quantitative estimate of drug-likeness (QED) is 0.656. The number of benzene rings is 2. The molecule has 2 heterocycles. The van der Waals surface area contributed by atoms with Gasteiger partial charge in [0.25, 0.3) is 11.8 Å². The van der Waals surface area contributed by atoms with Crippen LogP contribution in [0.1, 0.15) is 40.7 Å². The molecule has 7 nitrogen and oxygen atoms in total. The van der Waals surface area contributed by atoms with E-state index in [0.29, 0.717) is 17.8 Å². The summed E-state index contributed by atoms with van der Waals surface area (Å²) < 4.78 is 0. The highest BCUT2D eigenvalue weighted by molar-refractivity contribution is 8.15. The molecule has 0 radical (unpaired) electrons. The molecule has 172 valence electrons. The summed E-state index contributed by atoms with van der Waals surface area (Å²) in [5.41, 5.74) is 3.51. The minimum atomic E-state index is -0.473. The second-order valence-electron chi connectivity index (χ2n) is 8.36. The van der Waals surface area contributed by atoms with E-state index in [1.54, 1.807) is 24.3 Å². The maximum Gasteiger partial charge on any atom is 0.262 e. The molecule has 0 aromatic heterocycles. The van der Waals surface area contributed by atoms with Crippen molar-refractivity contribution in [2.24, 2.45) is 4.99 Å². The van der Waals surface area contributed by atoms with Crippen molar-refractivity contribution in [1.82, 2.24) is 10.2 Å². The monoisotopic (exact) mass is 464 g/mol. The predicted octanol–water partition coefficient (Wildman–Crippen LogP) is 3.39. The molecule has 0 spiro atoms. The highest BCUT2D eigenvalue weighted by Gasteiger charge is 2.33. The summed E-state index contributed by atoms with van der Waals surface area (Å²) in [7, 11) is 0. The van der Waals surface area contributed by atoms with Crippen molar-refractivity contribution < 1.29 is 14.4 Å².